The summed E-state index contributed by atoms with van der Waals surface area (Å²) >= 11 is 0. The van der Waals surface area contributed by atoms with Crippen LogP contribution in [0.4, 0.5) is 0 Å². The monoisotopic (exact) mass is 447 g/mol. The Morgan fingerprint density at radius 1 is 1.12 bits per heavy atom. The number of allylic oxidation sites excluding steroid dienone is 2. The predicted molar refractivity (Wildman–Crippen MR) is 120 cm³/mol. The van der Waals surface area contributed by atoms with Gasteiger partial charge >= 0.3 is 5.97 Å². The van der Waals surface area contributed by atoms with E-state index >= 15 is 0 Å². The molecule has 8 heteroatoms. The summed E-state index contributed by atoms with van der Waals surface area (Å²) in [4.78, 5) is 36.7. The number of fused-ring (bicyclic) bond motifs is 5. The first-order valence-electron chi connectivity index (χ1n) is 11.0. The van der Waals surface area contributed by atoms with Crippen molar-refractivity contribution in [1.82, 2.24) is 9.58 Å². The molecule has 2 heterocycles. The Morgan fingerprint density at radius 2 is 1.73 bits per heavy atom. The molecule has 3 aliphatic rings. The number of benzene rings is 1. The summed E-state index contributed by atoms with van der Waals surface area (Å²) in [7, 11) is 0. The molecular weight excluding hydrogens is 422 g/mol. The number of carbonyl (C=O) groups excluding carboxylic acids is 2. The number of carboxylic acid groups (broad SMARTS) is 1. The third kappa shape index (κ3) is 3.37. The van der Waals surface area contributed by atoms with Gasteiger partial charge < -0.3 is 14.4 Å². The number of ether oxygens (including phenoxy) is 1. The molecule has 1 saturated carbocycles. The number of nitrogens with zero attached hydrogens (tertiary/aromatic N) is 3. The number of rotatable bonds is 6. The second-order valence-corrected chi connectivity index (χ2v) is 8.99. The van der Waals surface area contributed by atoms with Crippen molar-refractivity contribution in [3.63, 3.8) is 0 Å². The van der Waals surface area contributed by atoms with Crippen molar-refractivity contribution in [3.05, 3.63) is 59.4 Å². The average Bonchev–Trinajstić information content (AvgIpc) is 3.52. The number of amides is 2. The Balaban J connectivity index is 1.36. The number of imide groups is 1. The molecule has 0 unspecified atom stereocenters. The van der Waals surface area contributed by atoms with Gasteiger partial charge in [0.05, 0.1) is 18.1 Å². The minimum absolute atomic E-state index is 0.159. The van der Waals surface area contributed by atoms with Crippen LogP contribution in [-0.2, 0) is 14.4 Å². The van der Waals surface area contributed by atoms with Crippen LogP contribution in [0.2, 0.25) is 0 Å². The van der Waals surface area contributed by atoms with Gasteiger partial charge in [0.15, 0.2) is 6.10 Å². The maximum atomic E-state index is 12.8. The molecule has 2 bridgehead atoms. The molecule has 2 fully saturated rings. The molecule has 5 rings (SSSR count). The molecule has 0 radical (unpaired) electrons. The van der Waals surface area contributed by atoms with Gasteiger partial charge in [-0.2, -0.15) is 10.1 Å². The first-order valence-corrected chi connectivity index (χ1v) is 11.0. The van der Waals surface area contributed by atoms with E-state index in [0.717, 1.165) is 34.1 Å². The van der Waals surface area contributed by atoms with E-state index in [1.807, 2.05) is 36.6 Å². The van der Waals surface area contributed by atoms with Crippen LogP contribution in [0.1, 0.15) is 30.3 Å². The zero-order valence-corrected chi connectivity index (χ0v) is 18.6. The number of hydrogen-bond donors (Lipinski definition) is 1. The Morgan fingerprint density at radius 3 is 2.30 bits per heavy atom. The van der Waals surface area contributed by atoms with Gasteiger partial charge in [0.25, 0.3) is 11.8 Å². The van der Waals surface area contributed by atoms with Crippen molar-refractivity contribution >= 4 is 24.0 Å². The first kappa shape index (κ1) is 21.2. The molecular formula is C25H25N3O5. The number of carbonyl (C=O) groups is 3. The van der Waals surface area contributed by atoms with E-state index in [4.69, 9.17) is 9.84 Å². The maximum absolute atomic E-state index is 12.8. The number of carboxylic acids is 1. The first-order chi connectivity index (χ1) is 15.8. The Hall–Kier alpha value is -3.68. The molecule has 33 heavy (non-hydrogen) atoms. The zero-order chi connectivity index (χ0) is 23.4. The van der Waals surface area contributed by atoms with E-state index < -0.39 is 12.1 Å². The molecule has 1 aromatic carbocycles. The quantitative estimate of drug-likeness (QED) is 0.417. The molecule has 2 aliphatic carbocycles. The molecule has 1 aliphatic heterocycles. The highest BCUT2D eigenvalue weighted by atomic mass is 16.5. The second-order valence-electron chi connectivity index (χ2n) is 8.99. The van der Waals surface area contributed by atoms with Gasteiger partial charge in [-0.3, -0.25) is 9.59 Å². The highest BCUT2D eigenvalue weighted by Gasteiger charge is 2.59. The summed E-state index contributed by atoms with van der Waals surface area (Å²) in [6.07, 6.45) is 5.67. The van der Waals surface area contributed by atoms with Crippen LogP contribution >= 0.6 is 0 Å². The number of hydrazone groups is 1. The van der Waals surface area contributed by atoms with E-state index in [1.54, 1.807) is 18.3 Å². The highest BCUT2D eigenvalue weighted by molar-refractivity contribution is 6.06. The standard InChI is InChI=1S/C25H25N3O5/c1-13-10-18(12-26-28-23(29)21-16-4-5-17(11-16)22(21)24(28)30)14(2)27(13)19-6-8-20(9-7-19)33-15(3)25(31)32/h4-10,12,15-17,21-22H,11H2,1-3H3,(H,31,32)/t15-,16+,17+,21-,22+/m1/s1. The minimum atomic E-state index is -1.03. The lowest BCUT2D eigenvalue weighted by Crippen LogP contribution is -2.28. The summed E-state index contributed by atoms with van der Waals surface area (Å²) in [6.45, 7) is 5.38. The van der Waals surface area contributed by atoms with Gasteiger partial charge in [0.1, 0.15) is 5.75 Å². The predicted octanol–water partition coefficient (Wildman–Crippen LogP) is 3.09. The van der Waals surface area contributed by atoms with E-state index in [0.29, 0.717) is 5.75 Å². The van der Waals surface area contributed by atoms with Crippen LogP contribution in [0.3, 0.4) is 0 Å². The molecule has 5 atom stereocenters. The second kappa shape index (κ2) is 7.72. The average molecular weight is 447 g/mol. The molecule has 0 spiro atoms. The van der Waals surface area contributed by atoms with Crippen LogP contribution in [0, 0.1) is 37.5 Å². The van der Waals surface area contributed by atoms with Crippen LogP contribution in [0.5, 0.6) is 5.75 Å². The number of hydrogen-bond acceptors (Lipinski definition) is 5. The molecule has 1 saturated heterocycles. The lowest BCUT2D eigenvalue weighted by atomic mass is 9.85. The van der Waals surface area contributed by atoms with Crippen molar-refractivity contribution in [2.75, 3.05) is 0 Å². The summed E-state index contributed by atoms with van der Waals surface area (Å²) in [5.74, 6) is -1.15. The largest absolute Gasteiger partial charge is 0.479 e. The topological polar surface area (TPSA) is 101 Å². The molecule has 170 valence electrons. The summed E-state index contributed by atoms with van der Waals surface area (Å²) in [5, 5.41) is 14.4. The van der Waals surface area contributed by atoms with E-state index in [1.165, 1.54) is 6.92 Å². The number of aliphatic carboxylic acids is 1. The van der Waals surface area contributed by atoms with Gasteiger partial charge in [0, 0.05) is 22.6 Å². The van der Waals surface area contributed by atoms with Crippen molar-refractivity contribution in [2.45, 2.75) is 33.3 Å². The summed E-state index contributed by atoms with van der Waals surface area (Å²) in [5.41, 5.74) is 3.56. The third-order valence-corrected chi connectivity index (χ3v) is 6.99. The van der Waals surface area contributed by atoms with Crippen molar-refractivity contribution in [3.8, 4) is 11.4 Å². The van der Waals surface area contributed by atoms with Crippen LogP contribution in [0.25, 0.3) is 5.69 Å². The van der Waals surface area contributed by atoms with Crippen molar-refractivity contribution in [1.29, 1.82) is 0 Å². The number of aromatic nitrogens is 1. The van der Waals surface area contributed by atoms with E-state index in [9.17, 15) is 14.4 Å². The van der Waals surface area contributed by atoms with E-state index in [2.05, 4.69) is 17.3 Å². The maximum Gasteiger partial charge on any atom is 0.344 e. The third-order valence-electron chi connectivity index (χ3n) is 6.99. The lowest BCUT2D eigenvalue weighted by molar-refractivity contribution is -0.144. The minimum Gasteiger partial charge on any atom is -0.479 e. The summed E-state index contributed by atoms with van der Waals surface area (Å²) < 4.78 is 7.42. The molecule has 1 N–H and O–H groups in total. The number of aryl methyl sites for hydroxylation is 1. The molecule has 1 aromatic heterocycles. The zero-order valence-electron chi connectivity index (χ0n) is 18.6. The van der Waals surface area contributed by atoms with Gasteiger partial charge in [-0.05, 0) is 69.4 Å². The van der Waals surface area contributed by atoms with Crippen LogP contribution in [0.15, 0.2) is 47.6 Å². The normalized spacial score (nSPS) is 26.5. The fraction of sp³-hybridized carbons (Fsp3) is 0.360. The van der Waals surface area contributed by atoms with Crippen molar-refractivity contribution in [2.24, 2.45) is 28.8 Å². The van der Waals surface area contributed by atoms with E-state index in [-0.39, 0.29) is 35.5 Å². The Kier molecular flexibility index (Phi) is 4.96. The van der Waals surface area contributed by atoms with Gasteiger partial charge in [-0.15, -0.1) is 0 Å². The summed E-state index contributed by atoms with van der Waals surface area (Å²) in [6, 6.07) is 9.10. The van der Waals surface area contributed by atoms with Crippen LogP contribution in [-0.4, -0.2) is 44.8 Å². The molecule has 2 aromatic rings. The lowest BCUT2D eigenvalue weighted by Gasteiger charge is -2.13. The van der Waals surface area contributed by atoms with Crippen molar-refractivity contribution < 1.29 is 24.2 Å². The SMILES string of the molecule is Cc1cc(C=NN2C(=O)[C@@H]3[C@H](C2=O)[C@H]2C=C[C@H]3C2)c(C)n1-c1ccc(O[C@H](C)C(=O)O)cc1. The van der Waals surface area contributed by atoms with Gasteiger partial charge in [-0.1, -0.05) is 12.2 Å². The molecule has 8 nitrogen and oxygen atoms in total. The van der Waals surface area contributed by atoms with Gasteiger partial charge in [-0.25, -0.2) is 4.79 Å². The van der Waals surface area contributed by atoms with Crippen LogP contribution < -0.4 is 4.74 Å². The fourth-order valence-electron chi connectivity index (χ4n) is 5.36. The Labute approximate surface area is 191 Å². The fourth-order valence-corrected chi connectivity index (χ4v) is 5.36. The highest BCUT2D eigenvalue weighted by Crippen LogP contribution is 2.52. The Bertz CT molecular complexity index is 1180. The van der Waals surface area contributed by atoms with Gasteiger partial charge in [0.2, 0.25) is 0 Å². The smallest absolute Gasteiger partial charge is 0.344 e. The molecule has 2 amide bonds.